The summed E-state index contributed by atoms with van der Waals surface area (Å²) in [6.45, 7) is 6.76. The summed E-state index contributed by atoms with van der Waals surface area (Å²) in [6.07, 6.45) is 5.29. The number of halogens is 2. The van der Waals surface area contributed by atoms with Gasteiger partial charge in [-0.3, -0.25) is 19.4 Å². The fourth-order valence-electron chi connectivity index (χ4n) is 8.77. The number of aromatic nitrogens is 2. The Labute approximate surface area is 326 Å². The molecule has 0 saturated carbocycles. The molecule has 4 aromatic rings. The number of carbonyl (C=O) groups excluding carboxylic acids is 2. The SMILES string of the molecule is COc1nc(-c2cccc(-c3cccc(-c4ccc(CN5CCC6(CC5)CNC(=O)C6)c(OC)n4)c3Cl)c2Cl)ccc1CN1CCC2(CC1)CNC(=O)C2. The highest BCUT2D eigenvalue weighted by molar-refractivity contribution is 6.39. The Morgan fingerprint density at radius 2 is 1.00 bits per heavy atom. The van der Waals surface area contributed by atoms with Crippen molar-refractivity contribution in [1.29, 1.82) is 0 Å². The van der Waals surface area contributed by atoms with Crippen LogP contribution in [0.25, 0.3) is 33.6 Å². The van der Waals surface area contributed by atoms with Crippen LogP contribution in [0.4, 0.5) is 0 Å². The number of amides is 2. The minimum Gasteiger partial charge on any atom is -0.481 e. The first-order valence-electron chi connectivity index (χ1n) is 18.8. The fourth-order valence-corrected chi connectivity index (χ4v) is 9.42. The number of benzene rings is 2. The van der Waals surface area contributed by atoms with E-state index in [1.807, 2.05) is 48.5 Å². The number of methoxy groups -OCH3 is 2. The predicted molar refractivity (Wildman–Crippen MR) is 211 cm³/mol. The standard InChI is InChI=1S/C42H46Cl2N6O4/c1-53-39-27(23-49-17-13-41(14-18-49)21-35(51)45-25-41)9-11-33(47-39)31-7-3-5-29(37(31)43)30-6-4-8-32(38(30)44)34-12-10-28(40(48-34)54-2)24-50-19-15-42(16-20-50)22-36(52)46-26-42/h3-12H,13-26H2,1-2H3,(H,45,51)(H,46,52). The van der Waals surface area contributed by atoms with Crippen LogP contribution < -0.4 is 20.1 Å². The number of hydrogen-bond acceptors (Lipinski definition) is 8. The largest absolute Gasteiger partial charge is 0.481 e. The number of piperidine rings is 2. The Morgan fingerprint density at radius 3 is 1.35 bits per heavy atom. The highest BCUT2D eigenvalue weighted by Gasteiger charge is 2.42. The summed E-state index contributed by atoms with van der Waals surface area (Å²) in [5, 5.41) is 7.12. The van der Waals surface area contributed by atoms with Crippen molar-refractivity contribution in [2.24, 2.45) is 10.8 Å². The van der Waals surface area contributed by atoms with Crippen molar-refractivity contribution in [1.82, 2.24) is 30.4 Å². The van der Waals surface area contributed by atoms with E-state index >= 15 is 0 Å². The second kappa shape index (κ2) is 15.1. The highest BCUT2D eigenvalue weighted by Crippen LogP contribution is 2.44. The van der Waals surface area contributed by atoms with Gasteiger partial charge in [0.15, 0.2) is 0 Å². The van der Waals surface area contributed by atoms with Gasteiger partial charge in [-0.1, -0.05) is 71.7 Å². The van der Waals surface area contributed by atoms with Crippen molar-refractivity contribution < 1.29 is 19.1 Å². The van der Waals surface area contributed by atoms with Crippen LogP contribution in [0.3, 0.4) is 0 Å². The lowest BCUT2D eigenvalue weighted by Gasteiger charge is -2.38. The van der Waals surface area contributed by atoms with Crippen molar-refractivity contribution in [3.05, 3.63) is 81.8 Å². The number of carbonyl (C=O) groups is 2. The van der Waals surface area contributed by atoms with Crippen LogP contribution in [-0.2, 0) is 22.7 Å². The zero-order valence-corrected chi connectivity index (χ0v) is 32.4. The van der Waals surface area contributed by atoms with Crippen LogP contribution in [0.5, 0.6) is 11.8 Å². The quantitative estimate of drug-likeness (QED) is 0.187. The van der Waals surface area contributed by atoms with Crippen LogP contribution in [0.2, 0.25) is 10.0 Å². The van der Waals surface area contributed by atoms with E-state index in [0.717, 1.165) is 111 Å². The van der Waals surface area contributed by atoms with Gasteiger partial charge in [0.1, 0.15) is 0 Å². The van der Waals surface area contributed by atoms with Crippen LogP contribution in [0.1, 0.15) is 49.7 Å². The Morgan fingerprint density at radius 1 is 0.611 bits per heavy atom. The molecule has 0 radical (unpaired) electrons. The molecule has 0 atom stereocenters. The third-order valence-electron chi connectivity index (χ3n) is 12.1. The van der Waals surface area contributed by atoms with E-state index in [-0.39, 0.29) is 22.6 Å². The second-order valence-electron chi connectivity index (χ2n) is 15.5. The van der Waals surface area contributed by atoms with Gasteiger partial charge in [0, 0.05) is 72.4 Å². The minimum atomic E-state index is 0.105. The van der Waals surface area contributed by atoms with Gasteiger partial charge in [0.2, 0.25) is 23.6 Å². The first-order valence-corrected chi connectivity index (χ1v) is 19.6. The molecule has 2 aromatic carbocycles. The molecule has 2 N–H and O–H groups in total. The third-order valence-corrected chi connectivity index (χ3v) is 12.9. The van der Waals surface area contributed by atoms with Crippen molar-refractivity contribution in [2.75, 3.05) is 53.5 Å². The first-order chi connectivity index (χ1) is 26.2. The smallest absolute Gasteiger partial charge is 0.220 e. The molecule has 4 aliphatic rings. The zero-order valence-electron chi connectivity index (χ0n) is 30.9. The summed E-state index contributed by atoms with van der Waals surface area (Å²) in [7, 11) is 3.30. The highest BCUT2D eigenvalue weighted by atomic mass is 35.5. The molecule has 282 valence electrons. The molecular formula is C42H46Cl2N6O4. The number of nitrogens with one attached hydrogen (secondary N) is 2. The zero-order chi connectivity index (χ0) is 37.5. The molecule has 10 nitrogen and oxygen atoms in total. The maximum absolute atomic E-state index is 11.9. The van der Waals surface area contributed by atoms with Gasteiger partial charge in [-0.2, -0.15) is 0 Å². The molecule has 4 saturated heterocycles. The van der Waals surface area contributed by atoms with Gasteiger partial charge in [-0.15, -0.1) is 0 Å². The number of likely N-dealkylation sites (tertiary alicyclic amines) is 2. The van der Waals surface area contributed by atoms with Gasteiger partial charge in [-0.05, 0) is 74.8 Å². The topological polar surface area (TPSA) is 109 Å². The monoisotopic (exact) mass is 768 g/mol. The molecular weight excluding hydrogens is 723 g/mol. The number of ether oxygens (including phenoxy) is 2. The van der Waals surface area contributed by atoms with E-state index < -0.39 is 0 Å². The maximum Gasteiger partial charge on any atom is 0.220 e. The second-order valence-corrected chi connectivity index (χ2v) is 16.3. The summed E-state index contributed by atoms with van der Waals surface area (Å²) in [5.74, 6) is 1.49. The Kier molecular flexibility index (Phi) is 10.3. The van der Waals surface area contributed by atoms with Crippen molar-refractivity contribution in [3.63, 3.8) is 0 Å². The van der Waals surface area contributed by atoms with Crippen molar-refractivity contribution >= 4 is 35.0 Å². The Balaban J connectivity index is 0.990. The van der Waals surface area contributed by atoms with Gasteiger partial charge < -0.3 is 20.1 Å². The molecule has 54 heavy (non-hydrogen) atoms. The summed E-state index contributed by atoms with van der Waals surface area (Å²) >= 11 is 14.4. The number of hydrogen-bond donors (Lipinski definition) is 2. The normalized spacial score (nSPS) is 19.6. The van der Waals surface area contributed by atoms with Crippen LogP contribution in [0.15, 0.2) is 60.7 Å². The summed E-state index contributed by atoms with van der Waals surface area (Å²) in [5.41, 5.74) is 6.80. The van der Waals surface area contributed by atoms with Crippen LogP contribution in [0, 0.1) is 10.8 Å². The molecule has 2 aromatic heterocycles. The molecule has 12 heteroatoms. The predicted octanol–water partition coefficient (Wildman–Crippen LogP) is 7.01. The summed E-state index contributed by atoms with van der Waals surface area (Å²) in [4.78, 5) is 38.4. The fraction of sp³-hybridized carbons (Fsp3) is 0.429. The Bertz CT molecular complexity index is 1930. The molecule has 0 bridgehead atoms. The maximum atomic E-state index is 11.9. The van der Waals surface area contributed by atoms with E-state index in [4.69, 9.17) is 42.6 Å². The van der Waals surface area contributed by atoms with E-state index in [9.17, 15) is 9.59 Å². The van der Waals surface area contributed by atoms with E-state index in [0.29, 0.717) is 46.0 Å². The molecule has 6 heterocycles. The van der Waals surface area contributed by atoms with Crippen molar-refractivity contribution in [3.8, 4) is 45.4 Å². The number of nitrogens with zero attached hydrogens (tertiary/aromatic N) is 4. The van der Waals surface area contributed by atoms with E-state index in [1.54, 1.807) is 14.2 Å². The van der Waals surface area contributed by atoms with E-state index in [2.05, 4.69) is 32.6 Å². The molecule has 4 fully saturated rings. The van der Waals surface area contributed by atoms with Gasteiger partial charge in [0.05, 0.1) is 35.7 Å². The molecule has 0 unspecified atom stereocenters. The van der Waals surface area contributed by atoms with Gasteiger partial charge >= 0.3 is 0 Å². The summed E-state index contributed by atoms with van der Waals surface area (Å²) < 4.78 is 11.6. The number of pyridine rings is 2. The van der Waals surface area contributed by atoms with Crippen LogP contribution in [-0.4, -0.2) is 85.1 Å². The Hall–Kier alpha value is -4.22. The van der Waals surface area contributed by atoms with Gasteiger partial charge in [-0.25, -0.2) is 9.97 Å². The molecule has 2 amide bonds. The lowest BCUT2D eigenvalue weighted by atomic mass is 9.77. The summed E-state index contributed by atoms with van der Waals surface area (Å²) in [6, 6.07) is 19.9. The first kappa shape index (κ1) is 36.7. The lowest BCUT2D eigenvalue weighted by molar-refractivity contribution is -0.120. The third kappa shape index (κ3) is 7.29. The van der Waals surface area contributed by atoms with E-state index in [1.165, 1.54) is 0 Å². The molecule has 8 rings (SSSR count). The van der Waals surface area contributed by atoms with Gasteiger partial charge in [0.25, 0.3) is 0 Å². The average Bonchev–Trinajstić information content (AvgIpc) is 3.74. The molecule has 2 spiro atoms. The van der Waals surface area contributed by atoms with Crippen LogP contribution >= 0.6 is 23.2 Å². The minimum absolute atomic E-state index is 0.105. The van der Waals surface area contributed by atoms with Crippen molar-refractivity contribution in [2.45, 2.75) is 51.6 Å². The molecule has 4 aliphatic heterocycles. The molecule has 0 aliphatic carbocycles. The lowest BCUT2D eigenvalue weighted by Crippen LogP contribution is -2.40. The average molecular weight is 770 g/mol. The number of rotatable bonds is 9.